The van der Waals surface area contributed by atoms with Crippen LogP contribution in [-0.2, 0) is 0 Å². The Kier molecular flexibility index (Phi) is 3.19. The topological polar surface area (TPSA) is 15.6 Å². The van der Waals surface area contributed by atoms with E-state index in [2.05, 4.69) is 11.7 Å². The fourth-order valence-electron chi connectivity index (χ4n) is 0.155. The first-order valence-electron chi connectivity index (χ1n) is 1.89. The van der Waals surface area contributed by atoms with Crippen LogP contribution in [0.2, 0.25) is 0 Å². The van der Waals surface area contributed by atoms with Crippen molar-refractivity contribution in [3.63, 3.8) is 0 Å². The van der Waals surface area contributed by atoms with Crippen molar-refractivity contribution in [2.45, 2.75) is 0 Å². The van der Waals surface area contributed by atoms with E-state index in [0.717, 1.165) is 6.20 Å². The van der Waals surface area contributed by atoms with Crippen LogP contribution in [0.1, 0.15) is 0 Å². The molecule has 0 amide bonds. The molecule has 0 rings (SSSR count). The maximum atomic E-state index is 11.8. The molecule has 0 aromatic heterocycles. The van der Waals surface area contributed by atoms with Crippen LogP contribution in [0, 0.1) is 0 Å². The van der Waals surface area contributed by atoms with Crippen LogP contribution in [0.3, 0.4) is 0 Å². The Bertz CT molecular complexity index is 111. The van der Waals surface area contributed by atoms with Gasteiger partial charge in [-0.1, -0.05) is 16.1 Å². The van der Waals surface area contributed by atoms with Crippen LogP contribution in [0.4, 0.5) is 4.48 Å². The van der Waals surface area contributed by atoms with E-state index in [0.29, 0.717) is 0 Å². The maximum absolute atomic E-state index is 11.8. The molecule has 0 unspecified atom stereocenters. The van der Waals surface area contributed by atoms with Crippen LogP contribution in [0.15, 0.2) is 16.3 Å². The van der Waals surface area contributed by atoms with Gasteiger partial charge in [0, 0.05) is 7.05 Å². The van der Waals surface area contributed by atoms with Gasteiger partial charge in [0.15, 0.2) is 5.16 Å². The van der Waals surface area contributed by atoms with E-state index in [9.17, 15) is 4.48 Å². The van der Waals surface area contributed by atoms with Gasteiger partial charge in [-0.2, -0.15) is 0 Å². The number of halogens is 2. The van der Waals surface area contributed by atoms with E-state index in [1.165, 1.54) is 7.05 Å². The van der Waals surface area contributed by atoms with Crippen molar-refractivity contribution in [3.05, 3.63) is 11.4 Å². The largest absolute Gasteiger partial charge is 0.269 e. The highest BCUT2D eigenvalue weighted by Gasteiger charge is 1.93. The number of hydrogen-bond acceptors (Lipinski definition) is 2. The number of nitrogens with zero attached hydrogens (tertiary/aromatic N) is 2. The Labute approximate surface area is 52.2 Å². The Hall–Kier alpha value is -0.570. The minimum atomic E-state index is -0.0833. The molecule has 0 atom stereocenters. The maximum Gasteiger partial charge on any atom is 0.152 e. The Balaban J connectivity index is 3.78. The van der Waals surface area contributed by atoms with Crippen LogP contribution in [0.5, 0.6) is 0 Å². The van der Waals surface area contributed by atoms with Crippen molar-refractivity contribution in [2.24, 2.45) is 4.99 Å². The highest BCUT2D eigenvalue weighted by Crippen LogP contribution is 2.05. The number of hydrogen-bond donors (Lipinski definition) is 0. The summed E-state index contributed by atoms with van der Waals surface area (Å²) >= 11 is 5.19. The average molecular weight is 137 g/mol. The summed E-state index contributed by atoms with van der Waals surface area (Å²) in [6, 6.07) is 0. The van der Waals surface area contributed by atoms with E-state index in [1.807, 2.05) is 0 Å². The third kappa shape index (κ3) is 2.58. The Morgan fingerprint density at radius 2 is 2.50 bits per heavy atom. The monoisotopic (exact) mass is 136 g/mol. The van der Waals surface area contributed by atoms with E-state index in [4.69, 9.17) is 11.6 Å². The molecule has 4 heteroatoms. The first-order valence-corrected chi connectivity index (χ1v) is 2.27. The minimum absolute atomic E-state index is 0.0833. The smallest absolute Gasteiger partial charge is 0.152 e. The normalized spacial score (nSPS) is 11.1. The van der Waals surface area contributed by atoms with E-state index in [1.54, 1.807) is 0 Å². The molecular weight excluding hydrogens is 131 g/mol. The highest BCUT2D eigenvalue weighted by atomic mass is 35.5. The quantitative estimate of drug-likeness (QED) is 0.320. The van der Waals surface area contributed by atoms with Gasteiger partial charge in [0.1, 0.15) is 0 Å². The van der Waals surface area contributed by atoms with Gasteiger partial charge in [0.25, 0.3) is 0 Å². The molecule has 0 radical (unpaired) electrons. The Morgan fingerprint density at radius 1 is 2.00 bits per heavy atom. The molecule has 0 aliphatic heterocycles. The van der Waals surface area contributed by atoms with Crippen molar-refractivity contribution in [1.82, 2.24) is 5.12 Å². The molecule has 8 heavy (non-hydrogen) atoms. The molecule has 0 saturated heterocycles. The summed E-state index contributed by atoms with van der Waals surface area (Å²) in [5.41, 5.74) is 0. The zero-order valence-electron chi connectivity index (χ0n) is 4.43. The molecule has 2 nitrogen and oxygen atoms in total. The first-order chi connectivity index (χ1) is 3.68. The van der Waals surface area contributed by atoms with Gasteiger partial charge in [-0.3, -0.25) is 4.99 Å². The lowest BCUT2D eigenvalue weighted by atomic mass is 10.9. The Morgan fingerprint density at radius 3 is 2.62 bits per heavy atom. The third-order valence-electron chi connectivity index (χ3n) is 0.492. The summed E-state index contributed by atoms with van der Waals surface area (Å²) in [6.07, 6.45) is 1.11. The average Bonchev–Trinajstić information content (AvgIpc) is 1.67. The van der Waals surface area contributed by atoms with Crippen LogP contribution < -0.4 is 0 Å². The van der Waals surface area contributed by atoms with Crippen molar-refractivity contribution in [1.29, 1.82) is 0 Å². The summed E-state index contributed by atoms with van der Waals surface area (Å²) < 4.78 is 11.8. The minimum Gasteiger partial charge on any atom is -0.269 e. The molecule has 0 aromatic rings. The molecule has 0 bridgehead atoms. The predicted molar refractivity (Wildman–Crippen MR) is 32.4 cm³/mol. The SMILES string of the molecule is C=N/C=C(/Cl)N(C)F. The predicted octanol–water partition coefficient (Wildman–Crippen LogP) is 1.54. The van der Waals surface area contributed by atoms with Crippen molar-refractivity contribution < 1.29 is 4.48 Å². The van der Waals surface area contributed by atoms with Gasteiger partial charge >= 0.3 is 0 Å². The van der Waals surface area contributed by atoms with E-state index in [-0.39, 0.29) is 10.3 Å². The molecule has 46 valence electrons. The third-order valence-corrected chi connectivity index (χ3v) is 0.823. The standard InChI is InChI=1S/C4H6ClFN2/c1-7-3-4(5)8(2)6/h3H,1H2,2H3/b4-3-. The lowest BCUT2D eigenvalue weighted by Crippen LogP contribution is -1.98. The summed E-state index contributed by atoms with van der Waals surface area (Å²) in [6.45, 7) is 3.08. The van der Waals surface area contributed by atoms with Crippen LogP contribution in [0.25, 0.3) is 0 Å². The molecule has 0 heterocycles. The van der Waals surface area contributed by atoms with Gasteiger partial charge in [-0.05, 0) is 6.72 Å². The van der Waals surface area contributed by atoms with Gasteiger partial charge in [0.2, 0.25) is 0 Å². The zero-order chi connectivity index (χ0) is 6.57. The molecule has 0 fully saturated rings. The van der Waals surface area contributed by atoms with E-state index < -0.39 is 0 Å². The van der Waals surface area contributed by atoms with Gasteiger partial charge in [-0.15, -0.1) is 0 Å². The highest BCUT2D eigenvalue weighted by molar-refractivity contribution is 6.29. The van der Waals surface area contributed by atoms with Crippen LogP contribution in [-0.4, -0.2) is 18.9 Å². The lowest BCUT2D eigenvalue weighted by Gasteiger charge is -2.00. The number of rotatable bonds is 2. The van der Waals surface area contributed by atoms with Gasteiger partial charge < -0.3 is 0 Å². The van der Waals surface area contributed by atoms with Gasteiger partial charge in [0.05, 0.1) is 6.20 Å². The molecule has 0 aliphatic carbocycles. The fraction of sp³-hybridized carbons (Fsp3) is 0.250. The van der Waals surface area contributed by atoms with Crippen molar-refractivity contribution in [2.75, 3.05) is 7.05 Å². The number of aliphatic imine (C=N–C) groups is 1. The van der Waals surface area contributed by atoms with Crippen LogP contribution >= 0.6 is 11.6 Å². The molecule has 0 saturated carbocycles. The summed E-state index contributed by atoms with van der Waals surface area (Å²) in [5.74, 6) is 0. The fourth-order valence-corrected chi connectivity index (χ4v) is 0.224. The first kappa shape index (κ1) is 7.43. The molecular formula is C4H6ClFN2. The summed E-state index contributed by atoms with van der Waals surface area (Å²) in [7, 11) is 1.17. The second-order valence-corrected chi connectivity index (χ2v) is 1.50. The lowest BCUT2D eigenvalue weighted by molar-refractivity contribution is 0.120. The second kappa shape index (κ2) is 3.43. The molecule has 0 aromatic carbocycles. The second-order valence-electron chi connectivity index (χ2n) is 1.11. The van der Waals surface area contributed by atoms with Crippen molar-refractivity contribution >= 4 is 18.3 Å². The van der Waals surface area contributed by atoms with Gasteiger partial charge in [-0.25, -0.2) is 5.12 Å². The molecule has 0 N–H and O–H groups in total. The van der Waals surface area contributed by atoms with E-state index >= 15 is 0 Å². The zero-order valence-corrected chi connectivity index (χ0v) is 5.19. The summed E-state index contributed by atoms with van der Waals surface area (Å²) in [4.78, 5) is 3.23. The van der Waals surface area contributed by atoms with Crippen molar-refractivity contribution in [3.8, 4) is 0 Å². The summed E-state index contributed by atoms with van der Waals surface area (Å²) in [5, 5.41) is 0.163. The molecule has 0 aliphatic rings. The molecule has 0 spiro atoms.